The van der Waals surface area contributed by atoms with Crippen LogP contribution in [0.5, 0.6) is 0 Å². The Balaban J connectivity index is 1.36. The van der Waals surface area contributed by atoms with Gasteiger partial charge < -0.3 is 26.2 Å². The van der Waals surface area contributed by atoms with E-state index in [2.05, 4.69) is 27.5 Å². The number of rotatable bonds is 7. The van der Waals surface area contributed by atoms with Crippen LogP contribution in [-0.2, 0) is 17.9 Å². The number of pyridine rings is 1. The van der Waals surface area contributed by atoms with Crippen molar-refractivity contribution in [3.8, 4) is 0 Å². The lowest BCUT2D eigenvalue weighted by atomic mass is 10.2. The van der Waals surface area contributed by atoms with E-state index in [0.29, 0.717) is 24.1 Å². The molecule has 28 heavy (non-hydrogen) atoms. The first-order valence-electron chi connectivity index (χ1n) is 8.92. The van der Waals surface area contributed by atoms with Crippen LogP contribution in [0.2, 0.25) is 0 Å². The predicted molar refractivity (Wildman–Crippen MR) is 108 cm³/mol. The summed E-state index contributed by atoms with van der Waals surface area (Å²) in [5, 5.41) is 4.51. The first-order valence-corrected chi connectivity index (χ1v) is 9.74. The number of nitrogen functional groups attached to an aromatic ring is 1. The van der Waals surface area contributed by atoms with E-state index >= 15 is 0 Å². The molecule has 0 bridgehead atoms. The molecule has 7 N–H and O–H groups in total. The second kappa shape index (κ2) is 7.49. The van der Waals surface area contributed by atoms with E-state index in [4.69, 9.17) is 17.3 Å². The first kappa shape index (κ1) is 18.3. The fourth-order valence-corrected chi connectivity index (χ4v) is 3.56. The van der Waals surface area contributed by atoms with Crippen LogP contribution in [0.4, 0.5) is 5.13 Å². The van der Waals surface area contributed by atoms with E-state index in [1.807, 2.05) is 16.7 Å². The minimum atomic E-state index is -0.411. The Morgan fingerprint density at radius 1 is 1.39 bits per heavy atom. The smallest absolute Gasteiger partial charge is 0.269 e. The summed E-state index contributed by atoms with van der Waals surface area (Å²) in [6.07, 6.45) is 9.59. The van der Waals surface area contributed by atoms with Crippen molar-refractivity contribution < 1.29 is 4.79 Å². The van der Waals surface area contributed by atoms with Crippen molar-refractivity contribution >= 4 is 28.0 Å². The lowest BCUT2D eigenvalue weighted by Crippen LogP contribution is -2.32. The van der Waals surface area contributed by atoms with Crippen LogP contribution in [0.25, 0.3) is 5.65 Å². The van der Waals surface area contributed by atoms with Gasteiger partial charge in [0.25, 0.3) is 5.91 Å². The number of hydrazine groups is 1. The molecule has 3 aromatic rings. The van der Waals surface area contributed by atoms with Crippen LogP contribution in [0.15, 0.2) is 42.6 Å². The molecule has 3 heterocycles. The second-order valence-corrected chi connectivity index (χ2v) is 7.99. The molecule has 0 radical (unpaired) electrons. The van der Waals surface area contributed by atoms with E-state index in [1.54, 1.807) is 6.20 Å². The Morgan fingerprint density at radius 2 is 2.21 bits per heavy atom. The lowest BCUT2D eigenvalue weighted by Gasteiger charge is -2.13. The monoisotopic (exact) mass is 398 g/mol. The summed E-state index contributed by atoms with van der Waals surface area (Å²) in [6, 6.07) is 4.14. The van der Waals surface area contributed by atoms with Gasteiger partial charge in [0, 0.05) is 29.7 Å². The Hall–Kier alpha value is -3.11. The molecule has 0 spiro atoms. The van der Waals surface area contributed by atoms with E-state index in [-0.39, 0.29) is 5.70 Å². The van der Waals surface area contributed by atoms with Crippen molar-refractivity contribution in [3.05, 3.63) is 58.8 Å². The van der Waals surface area contributed by atoms with Crippen molar-refractivity contribution in [2.24, 2.45) is 11.6 Å². The third kappa shape index (κ3) is 4.24. The molecule has 1 fully saturated rings. The van der Waals surface area contributed by atoms with Crippen LogP contribution >= 0.6 is 11.3 Å². The Kier molecular flexibility index (Phi) is 4.88. The predicted octanol–water partition coefficient (Wildman–Crippen LogP) is 1.04. The quantitative estimate of drug-likeness (QED) is 0.265. The molecule has 0 unspecified atom stereocenters. The van der Waals surface area contributed by atoms with Crippen molar-refractivity contribution in [1.29, 1.82) is 0 Å². The van der Waals surface area contributed by atoms with Gasteiger partial charge in [0.05, 0.1) is 18.8 Å². The number of carbonyl (C=O) groups excluding carboxylic acids is 1. The van der Waals surface area contributed by atoms with Gasteiger partial charge in [-0.2, -0.15) is 0 Å². The zero-order valence-electron chi connectivity index (χ0n) is 15.2. The average Bonchev–Trinajstić information content (AvgIpc) is 3.31. The van der Waals surface area contributed by atoms with Crippen molar-refractivity contribution in [2.75, 3.05) is 5.73 Å². The van der Waals surface area contributed by atoms with Crippen molar-refractivity contribution in [2.45, 2.75) is 31.8 Å². The number of amides is 1. The second-order valence-electron chi connectivity index (χ2n) is 6.84. The van der Waals surface area contributed by atoms with Gasteiger partial charge in [0.1, 0.15) is 11.3 Å². The Labute approximate surface area is 165 Å². The van der Waals surface area contributed by atoms with Crippen LogP contribution in [0.1, 0.15) is 34.9 Å². The normalized spacial score (nSPS) is 14.4. The molecule has 1 saturated carbocycles. The number of hydrogen-bond acceptors (Lipinski definition) is 8. The standard InChI is InChI=1S/C18H22N8OS/c19-15(17(27)22-5-14-6-23-18(20)28-14)10-26(21)9-13-8-25-7-12(11-1-2-11)3-4-16(25)24-13/h3-4,6-8,10-11H,1-2,5,9,19,21H2,(H2,20,23)(H,22,27)/b15-10-. The summed E-state index contributed by atoms with van der Waals surface area (Å²) >= 11 is 1.31. The van der Waals surface area contributed by atoms with Crippen molar-refractivity contribution in [1.82, 2.24) is 24.7 Å². The maximum atomic E-state index is 12.1. The number of anilines is 1. The third-order valence-electron chi connectivity index (χ3n) is 4.48. The highest BCUT2D eigenvalue weighted by molar-refractivity contribution is 7.15. The summed E-state index contributed by atoms with van der Waals surface area (Å²) in [4.78, 5) is 21.4. The molecule has 0 atom stereocenters. The van der Waals surface area contributed by atoms with Crippen LogP contribution < -0.4 is 22.6 Å². The Bertz CT molecular complexity index is 1040. The molecule has 0 aromatic carbocycles. The number of nitrogens with two attached hydrogens (primary N) is 3. The molecule has 0 aliphatic heterocycles. The highest BCUT2D eigenvalue weighted by Gasteiger charge is 2.23. The topological polar surface area (TPSA) is 141 Å². The molecule has 4 rings (SSSR count). The zero-order chi connectivity index (χ0) is 19.7. The van der Waals surface area contributed by atoms with Gasteiger partial charge in [0.15, 0.2) is 5.13 Å². The highest BCUT2D eigenvalue weighted by atomic mass is 32.1. The first-order chi connectivity index (χ1) is 13.5. The fourth-order valence-electron chi connectivity index (χ4n) is 2.94. The summed E-state index contributed by atoms with van der Waals surface area (Å²) in [5.74, 6) is 6.26. The van der Waals surface area contributed by atoms with Crippen LogP contribution in [-0.4, -0.2) is 25.3 Å². The summed E-state index contributed by atoms with van der Waals surface area (Å²) in [6.45, 7) is 0.641. The zero-order valence-corrected chi connectivity index (χ0v) is 16.0. The molecule has 1 aliphatic rings. The van der Waals surface area contributed by atoms with Gasteiger partial charge >= 0.3 is 0 Å². The number of fused-ring (bicyclic) bond motifs is 1. The molecule has 1 amide bonds. The van der Waals surface area contributed by atoms with E-state index < -0.39 is 5.91 Å². The summed E-state index contributed by atoms with van der Waals surface area (Å²) in [7, 11) is 0. The minimum Gasteiger partial charge on any atom is -0.393 e. The number of thiazole rings is 1. The average molecular weight is 398 g/mol. The summed E-state index contributed by atoms with van der Waals surface area (Å²) < 4.78 is 2.01. The van der Waals surface area contributed by atoms with Gasteiger partial charge in [-0.05, 0) is 30.4 Å². The van der Waals surface area contributed by atoms with E-state index in [1.165, 1.54) is 41.0 Å². The minimum absolute atomic E-state index is 0.0137. The molecule has 1 aliphatic carbocycles. The fraction of sp³-hybridized carbons (Fsp3) is 0.278. The molecular formula is C18H22N8OS. The number of carbonyl (C=O) groups is 1. The maximum Gasteiger partial charge on any atom is 0.269 e. The highest BCUT2D eigenvalue weighted by Crippen LogP contribution is 2.39. The largest absolute Gasteiger partial charge is 0.393 e. The Morgan fingerprint density at radius 3 is 2.93 bits per heavy atom. The van der Waals surface area contributed by atoms with Gasteiger partial charge in [-0.1, -0.05) is 6.07 Å². The third-order valence-corrected chi connectivity index (χ3v) is 5.31. The van der Waals surface area contributed by atoms with Gasteiger partial charge in [-0.15, -0.1) is 11.3 Å². The number of nitrogens with one attached hydrogen (secondary N) is 1. The molecule has 3 aromatic heterocycles. The molecular weight excluding hydrogens is 376 g/mol. The number of nitrogens with zero attached hydrogens (tertiary/aromatic N) is 4. The molecule has 10 heteroatoms. The number of imidazole rings is 1. The SMILES string of the molecule is N/C(=C\N(N)Cc1cn2cc(C3CC3)ccc2n1)C(=O)NCc1cnc(N)s1. The van der Waals surface area contributed by atoms with Gasteiger partial charge in [-0.3, -0.25) is 4.79 Å². The van der Waals surface area contributed by atoms with Crippen molar-refractivity contribution in [3.63, 3.8) is 0 Å². The van der Waals surface area contributed by atoms with Gasteiger partial charge in [-0.25, -0.2) is 15.8 Å². The maximum absolute atomic E-state index is 12.1. The molecule has 9 nitrogen and oxygen atoms in total. The number of hydrogen-bond donors (Lipinski definition) is 4. The van der Waals surface area contributed by atoms with Gasteiger partial charge in [0.2, 0.25) is 0 Å². The number of aromatic nitrogens is 3. The van der Waals surface area contributed by atoms with E-state index in [9.17, 15) is 4.79 Å². The molecule has 146 valence electrons. The van der Waals surface area contributed by atoms with Crippen LogP contribution in [0.3, 0.4) is 0 Å². The van der Waals surface area contributed by atoms with E-state index in [0.717, 1.165) is 16.2 Å². The summed E-state index contributed by atoms with van der Waals surface area (Å²) in [5.41, 5.74) is 14.4. The lowest BCUT2D eigenvalue weighted by molar-refractivity contribution is -0.117. The van der Waals surface area contributed by atoms with Crippen LogP contribution in [0, 0.1) is 0 Å². The molecule has 0 saturated heterocycles.